The van der Waals surface area contributed by atoms with Gasteiger partial charge in [-0.05, 0) is 19.5 Å². The van der Waals surface area contributed by atoms with Crippen molar-refractivity contribution in [1.82, 2.24) is 10.3 Å². The molecule has 0 aliphatic carbocycles. The van der Waals surface area contributed by atoms with Crippen LogP contribution in [-0.2, 0) is 13.2 Å². The second kappa shape index (κ2) is 6.32. The van der Waals surface area contributed by atoms with Crippen molar-refractivity contribution in [3.63, 3.8) is 0 Å². The van der Waals surface area contributed by atoms with E-state index in [1.54, 1.807) is 11.3 Å². The Balaban J connectivity index is 1.78. The maximum atomic E-state index is 5.93. The quantitative estimate of drug-likeness (QED) is 0.889. The Labute approximate surface area is 127 Å². The highest BCUT2D eigenvalue weighted by molar-refractivity contribution is 7.09. The number of benzene rings is 1. The summed E-state index contributed by atoms with van der Waals surface area (Å²) in [6.45, 7) is 6.43. The molecule has 6 heteroatoms. The minimum atomic E-state index is 0.269. The van der Waals surface area contributed by atoms with Crippen LogP contribution in [0.1, 0.15) is 23.2 Å². The Kier molecular flexibility index (Phi) is 4.26. The van der Waals surface area contributed by atoms with Crippen LogP contribution in [0.4, 0.5) is 0 Å². The Morgan fingerprint density at radius 3 is 2.86 bits per heavy atom. The third kappa shape index (κ3) is 3.28. The van der Waals surface area contributed by atoms with Gasteiger partial charge in [0.25, 0.3) is 0 Å². The lowest BCUT2D eigenvalue weighted by Gasteiger charge is -2.12. The smallest absolute Gasteiger partial charge is 0.231 e. The van der Waals surface area contributed by atoms with Crippen LogP contribution in [0.25, 0.3) is 0 Å². The molecule has 0 saturated heterocycles. The predicted octanol–water partition coefficient (Wildman–Crippen LogP) is 2.87. The van der Waals surface area contributed by atoms with E-state index in [4.69, 9.17) is 14.2 Å². The zero-order valence-electron chi connectivity index (χ0n) is 12.1. The molecule has 0 radical (unpaired) electrons. The van der Waals surface area contributed by atoms with E-state index in [9.17, 15) is 0 Å². The van der Waals surface area contributed by atoms with Gasteiger partial charge in [0.15, 0.2) is 11.5 Å². The van der Waals surface area contributed by atoms with Crippen molar-refractivity contribution in [3.8, 4) is 17.2 Å². The molecule has 2 heterocycles. The molecule has 0 unspecified atom stereocenters. The fraction of sp³-hybridized carbons (Fsp3) is 0.400. The highest BCUT2D eigenvalue weighted by atomic mass is 32.1. The lowest BCUT2D eigenvalue weighted by atomic mass is 10.1. The average Bonchev–Trinajstić information content (AvgIpc) is 3.10. The largest absolute Gasteiger partial charge is 0.486 e. The zero-order chi connectivity index (χ0) is 14.7. The van der Waals surface area contributed by atoms with Crippen LogP contribution in [0.5, 0.6) is 17.2 Å². The van der Waals surface area contributed by atoms with Gasteiger partial charge in [-0.15, -0.1) is 11.3 Å². The maximum Gasteiger partial charge on any atom is 0.231 e. The van der Waals surface area contributed by atoms with E-state index in [1.165, 1.54) is 0 Å². The third-order valence-electron chi connectivity index (χ3n) is 3.14. The van der Waals surface area contributed by atoms with Crippen LogP contribution >= 0.6 is 11.3 Å². The normalized spacial score (nSPS) is 12.7. The summed E-state index contributed by atoms with van der Waals surface area (Å²) in [7, 11) is 0. The minimum absolute atomic E-state index is 0.269. The van der Waals surface area contributed by atoms with E-state index in [0.29, 0.717) is 6.61 Å². The molecule has 21 heavy (non-hydrogen) atoms. The highest BCUT2D eigenvalue weighted by Gasteiger charge is 2.18. The summed E-state index contributed by atoms with van der Waals surface area (Å²) in [5.41, 5.74) is 2.09. The van der Waals surface area contributed by atoms with Gasteiger partial charge in [0.05, 0.1) is 0 Å². The number of nitrogens with one attached hydrogen (secondary N) is 1. The number of aryl methyl sites for hydroxylation is 1. The molecule has 2 aromatic rings. The van der Waals surface area contributed by atoms with Crippen molar-refractivity contribution in [2.45, 2.75) is 27.0 Å². The van der Waals surface area contributed by atoms with Gasteiger partial charge >= 0.3 is 0 Å². The van der Waals surface area contributed by atoms with Gasteiger partial charge in [-0.2, -0.15) is 0 Å². The summed E-state index contributed by atoms with van der Waals surface area (Å²) in [6, 6.07) is 3.88. The molecular formula is C15H18N2O3S. The number of hydrogen-bond acceptors (Lipinski definition) is 6. The Morgan fingerprint density at radius 2 is 2.14 bits per heavy atom. The molecule has 1 aromatic heterocycles. The maximum absolute atomic E-state index is 5.93. The molecule has 1 aliphatic rings. The standard InChI is InChI=1S/C15H18N2O3S/c1-3-16-6-11-4-13-14(20-9-19-13)5-12(11)18-7-15-17-10(2)8-21-15/h4-5,8,16H,3,6-7,9H2,1-2H3. The fourth-order valence-corrected chi connectivity index (χ4v) is 2.79. The van der Waals surface area contributed by atoms with Gasteiger partial charge in [0, 0.05) is 29.2 Å². The first-order valence-electron chi connectivity index (χ1n) is 6.93. The monoisotopic (exact) mass is 306 g/mol. The highest BCUT2D eigenvalue weighted by Crippen LogP contribution is 2.38. The number of nitrogens with zero attached hydrogens (tertiary/aromatic N) is 1. The summed E-state index contributed by atoms with van der Waals surface area (Å²) in [5.74, 6) is 2.33. The molecule has 5 nitrogen and oxygen atoms in total. The Morgan fingerprint density at radius 1 is 1.33 bits per heavy atom. The molecule has 0 fully saturated rings. The first-order chi connectivity index (χ1) is 10.3. The van der Waals surface area contributed by atoms with Crippen molar-refractivity contribution in [2.24, 2.45) is 0 Å². The molecule has 0 amide bonds. The third-order valence-corrected chi connectivity index (χ3v) is 4.08. The molecule has 0 bridgehead atoms. The van der Waals surface area contributed by atoms with Crippen LogP contribution in [-0.4, -0.2) is 18.3 Å². The van der Waals surface area contributed by atoms with Crippen LogP contribution in [0.15, 0.2) is 17.5 Å². The summed E-state index contributed by atoms with van der Waals surface area (Å²) in [6.07, 6.45) is 0. The summed E-state index contributed by atoms with van der Waals surface area (Å²) >= 11 is 1.61. The van der Waals surface area contributed by atoms with Crippen molar-refractivity contribution in [1.29, 1.82) is 0 Å². The number of rotatable bonds is 6. The summed E-state index contributed by atoms with van der Waals surface area (Å²) < 4.78 is 16.8. The first-order valence-corrected chi connectivity index (χ1v) is 7.81. The second-order valence-corrected chi connectivity index (χ2v) is 5.71. The van der Waals surface area contributed by atoms with Gasteiger partial charge in [-0.25, -0.2) is 4.98 Å². The topological polar surface area (TPSA) is 52.6 Å². The van der Waals surface area contributed by atoms with Crippen molar-refractivity contribution in [2.75, 3.05) is 13.3 Å². The van der Waals surface area contributed by atoms with Crippen LogP contribution in [0.3, 0.4) is 0 Å². The second-order valence-electron chi connectivity index (χ2n) is 4.76. The van der Waals surface area contributed by atoms with Gasteiger partial charge in [-0.3, -0.25) is 0 Å². The predicted molar refractivity (Wildman–Crippen MR) is 81.1 cm³/mol. The molecule has 3 rings (SSSR count). The van der Waals surface area contributed by atoms with E-state index in [0.717, 1.165) is 46.6 Å². The number of aromatic nitrogens is 1. The molecule has 0 spiro atoms. The van der Waals surface area contributed by atoms with E-state index >= 15 is 0 Å². The molecule has 0 atom stereocenters. The Bertz CT molecular complexity index is 627. The SMILES string of the molecule is CCNCc1cc2c(cc1OCc1nc(C)cs1)OCO2. The Hall–Kier alpha value is -1.79. The van der Waals surface area contributed by atoms with Gasteiger partial charge in [0.2, 0.25) is 6.79 Å². The van der Waals surface area contributed by atoms with E-state index < -0.39 is 0 Å². The molecule has 0 saturated carbocycles. The van der Waals surface area contributed by atoms with Crippen molar-refractivity contribution < 1.29 is 14.2 Å². The lowest BCUT2D eigenvalue weighted by Crippen LogP contribution is -2.13. The summed E-state index contributed by atoms with van der Waals surface area (Å²) in [4.78, 5) is 4.41. The van der Waals surface area contributed by atoms with E-state index in [-0.39, 0.29) is 6.79 Å². The number of ether oxygens (including phenoxy) is 3. The molecule has 1 aromatic carbocycles. The fourth-order valence-electron chi connectivity index (χ4n) is 2.11. The van der Waals surface area contributed by atoms with E-state index in [1.807, 2.05) is 24.4 Å². The molecule has 112 valence electrons. The molecule has 1 aliphatic heterocycles. The van der Waals surface area contributed by atoms with E-state index in [2.05, 4.69) is 17.2 Å². The molecule has 1 N–H and O–H groups in total. The lowest BCUT2D eigenvalue weighted by molar-refractivity contribution is 0.173. The number of thiazole rings is 1. The van der Waals surface area contributed by atoms with Crippen LogP contribution in [0, 0.1) is 6.92 Å². The number of fused-ring (bicyclic) bond motifs is 1. The van der Waals surface area contributed by atoms with Gasteiger partial charge in [-0.1, -0.05) is 6.92 Å². The zero-order valence-corrected chi connectivity index (χ0v) is 13.0. The minimum Gasteiger partial charge on any atom is -0.486 e. The van der Waals surface area contributed by atoms with Gasteiger partial charge in [0.1, 0.15) is 17.4 Å². The van der Waals surface area contributed by atoms with Crippen molar-refractivity contribution in [3.05, 3.63) is 33.8 Å². The summed E-state index contributed by atoms with van der Waals surface area (Å²) in [5, 5.41) is 6.31. The average molecular weight is 306 g/mol. The van der Waals surface area contributed by atoms with Crippen LogP contribution < -0.4 is 19.5 Å². The van der Waals surface area contributed by atoms with Crippen LogP contribution in [0.2, 0.25) is 0 Å². The van der Waals surface area contributed by atoms with Crippen molar-refractivity contribution >= 4 is 11.3 Å². The van der Waals surface area contributed by atoms with Gasteiger partial charge < -0.3 is 19.5 Å². The first kappa shape index (κ1) is 14.2. The molecular weight excluding hydrogens is 288 g/mol. The number of hydrogen-bond donors (Lipinski definition) is 1.